The van der Waals surface area contributed by atoms with Crippen LogP contribution in [0.2, 0.25) is 0 Å². The Bertz CT molecular complexity index is 576. The molecule has 2 heterocycles. The first-order valence-electron chi connectivity index (χ1n) is 8.07. The normalized spacial score (nSPS) is 26.4. The van der Waals surface area contributed by atoms with Gasteiger partial charge in [-0.15, -0.1) is 0 Å². The maximum atomic E-state index is 14.2. The molecule has 2 fully saturated rings. The number of likely N-dealkylation sites (tertiary alicyclic amines) is 1. The maximum absolute atomic E-state index is 14.2. The molecule has 23 heavy (non-hydrogen) atoms. The van der Waals surface area contributed by atoms with Crippen LogP contribution in [-0.4, -0.2) is 50.2 Å². The molecule has 0 aromatic heterocycles. The highest BCUT2D eigenvalue weighted by atomic mass is 19.1. The Balaban J connectivity index is 1.84. The van der Waals surface area contributed by atoms with Gasteiger partial charge in [0.05, 0.1) is 13.0 Å². The summed E-state index contributed by atoms with van der Waals surface area (Å²) >= 11 is 0. The van der Waals surface area contributed by atoms with Gasteiger partial charge in [0, 0.05) is 31.1 Å². The van der Waals surface area contributed by atoms with Crippen molar-refractivity contribution in [2.75, 3.05) is 33.3 Å². The van der Waals surface area contributed by atoms with Crippen LogP contribution in [0.4, 0.5) is 8.78 Å². The molecule has 0 unspecified atom stereocenters. The molecular formula is C17H22F2N2O2. The lowest BCUT2D eigenvalue weighted by atomic mass is 9.88. The molecule has 0 aliphatic carbocycles. The maximum Gasteiger partial charge on any atom is 0.310 e. The van der Waals surface area contributed by atoms with E-state index >= 15 is 0 Å². The number of carbonyl (C=O) groups excluding carboxylic acids is 1. The van der Waals surface area contributed by atoms with Gasteiger partial charge >= 0.3 is 5.97 Å². The summed E-state index contributed by atoms with van der Waals surface area (Å²) < 4.78 is 32.3. The zero-order chi connectivity index (χ0) is 16.4. The molecule has 1 aromatic rings. The standard InChI is InChI=1S/C17H22F2N2O2/c1-23-17(22)15-10-21(12-4-6-20-7-5-12)9-14(15)13-3-2-11(18)8-16(13)19/h2-3,8,12,14-15,20H,4-7,9-10H2,1H3/t14-,15+/m0/s1. The summed E-state index contributed by atoms with van der Waals surface area (Å²) in [5.41, 5.74) is 0.401. The lowest BCUT2D eigenvalue weighted by Crippen LogP contribution is -2.42. The molecule has 0 radical (unpaired) electrons. The summed E-state index contributed by atoms with van der Waals surface area (Å²) in [6, 6.07) is 3.99. The first-order valence-corrected chi connectivity index (χ1v) is 8.07. The van der Waals surface area contributed by atoms with E-state index in [9.17, 15) is 13.6 Å². The van der Waals surface area contributed by atoms with Gasteiger partial charge in [-0.2, -0.15) is 0 Å². The Morgan fingerprint density at radius 1 is 1.26 bits per heavy atom. The van der Waals surface area contributed by atoms with Gasteiger partial charge in [0.2, 0.25) is 0 Å². The summed E-state index contributed by atoms with van der Waals surface area (Å²) in [6.45, 7) is 3.09. The van der Waals surface area contributed by atoms with Crippen LogP contribution >= 0.6 is 0 Å². The molecule has 6 heteroatoms. The minimum absolute atomic E-state index is 0.294. The van der Waals surface area contributed by atoms with E-state index in [1.165, 1.54) is 19.2 Å². The number of halogens is 2. The summed E-state index contributed by atoms with van der Waals surface area (Å²) in [7, 11) is 1.35. The third-order valence-corrected chi connectivity index (χ3v) is 5.04. The van der Waals surface area contributed by atoms with E-state index < -0.39 is 17.6 Å². The molecule has 2 aliphatic rings. The number of methoxy groups -OCH3 is 1. The van der Waals surface area contributed by atoms with E-state index in [0.717, 1.165) is 32.0 Å². The molecule has 2 aliphatic heterocycles. The van der Waals surface area contributed by atoms with E-state index in [0.29, 0.717) is 24.7 Å². The highest BCUT2D eigenvalue weighted by Gasteiger charge is 2.42. The second kappa shape index (κ2) is 6.93. The number of hydrogen-bond donors (Lipinski definition) is 1. The average molecular weight is 324 g/mol. The Kier molecular flexibility index (Phi) is 4.92. The van der Waals surface area contributed by atoms with Crippen molar-refractivity contribution in [3.63, 3.8) is 0 Å². The number of benzene rings is 1. The Labute approximate surface area is 134 Å². The third-order valence-electron chi connectivity index (χ3n) is 5.04. The predicted molar refractivity (Wildman–Crippen MR) is 82.1 cm³/mol. The van der Waals surface area contributed by atoms with Crippen molar-refractivity contribution < 1.29 is 18.3 Å². The van der Waals surface area contributed by atoms with Gasteiger partial charge in [-0.3, -0.25) is 9.69 Å². The minimum Gasteiger partial charge on any atom is -0.469 e. The lowest BCUT2D eigenvalue weighted by molar-refractivity contribution is -0.145. The molecule has 0 spiro atoms. The number of piperidine rings is 1. The number of carbonyl (C=O) groups is 1. The van der Waals surface area contributed by atoms with Gasteiger partial charge in [-0.05, 0) is 37.6 Å². The van der Waals surface area contributed by atoms with Crippen molar-refractivity contribution >= 4 is 5.97 Å². The van der Waals surface area contributed by atoms with Crippen LogP contribution in [0, 0.1) is 17.6 Å². The van der Waals surface area contributed by atoms with E-state index in [-0.39, 0.29) is 11.9 Å². The second-order valence-electron chi connectivity index (χ2n) is 6.34. The van der Waals surface area contributed by atoms with E-state index in [4.69, 9.17) is 4.74 Å². The fourth-order valence-corrected chi connectivity index (χ4v) is 3.81. The molecule has 2 saturated heterocycles. The fourth-order valence-electron chi connectivity index (χ4n) is 3.81. The summed E-state index contributed by atoms with van der Waals surface area (Å²) in [5, 5.41) is 3.32. The smallest absolute Gasteiger partial charge is 0.310 e. The molecule has 0 saturated carbocycles. The molecule has 4 nitrogen and oxygen atoms in total. The molecule has 1 N–H and O–H groups in total. The average Bonchev–Trinajstić information content (AvgIpc) is 3.00. The SMILES string of the molecule is COC(=O)[C@@H]1CN(C2CCNCC2)C[C@H]1c1ccc(F)cc1F. The van der Waals surface area contributed by atoms with Gasteiger partial charge in [0.25, 0.3) is 0 Å². The highest BCUT2D eigenvalue weighted by molar-refractivity contribution is 5.74. The van der Waals surface area contributed by atoms with Crippen LogP contribution in [0.1, 0.15) is 24.3 Å². The number of hydrogen-bond acceptors (Lipinski definition) is 4. The first kappa shape index (κ1) is 16.3. The van der Waals surface area contributed by atoms with Gasteiger partial charge in [0.15, 0.2) is 0 Å². The molecular weight excluding hydrogens is 302 g/mol. The number of esters is 1. The first-order chi connectivity index (χ1) is 11.1. The largest absolute Gasteiger partial charge is 0.469 e. The van der Waals surface area contributed by atoms with E-state index in [1.54, 1.807) is 0 Å². The van der Waals surface area contributed by atoms with Crippen molar-refractivity contribution in [3.05, 3.63) is 35.4 Å². The Morgan fingerprint density at radius 3 is 2.65 bits per heavy atom. The molecule has 3 rings (SSSR count). The Morgan fingerprint density at radius 2 is 2.00 bits per heavy atom. The van der Waals surface area contributed by atoms with Crippen molar-refractivity contribution in [3.8, 4) is 0 Å². The number of nitrogens with one attached hydrogen (secondary N) is 1. The van der Waals surface area contributed by atoms with Crippen LogP contribution < -0.4 is 5.32 Å². The van der Waals surface area contributed by atoms with Crippen molar-refractivity contribution in [1.29, 1.82) is 0 Å². The lowest BCUT2D eigenvalue weighted by Gasteiger charge is -2.31. The summed E-state index contributed by atoms with van der Waals surface area (Å²) in [4.78, 5) is 14.4. The van der Waals surface area contributed by atoms with Crippen molar-refractivity contribution in [1.82, 2.24) is 10.2 Å². The third kappa shape index (κ3) is 3.38. The fraction of sp³-hybridized carbons (Fsp3) is 0.588. The van der Waals surface area contributed by atoms with Gasteiger partial charge in [-0.25, -0.2) is 8.78 Å². The van der Waals surface area contributed by atoms with Crippen molar-refractivity contribution in [2.24, 2.45) is 5.92 Å². The van der Waals surface area contributed by atoms with Gasteiger partial charge < -0.3 is 10.1 Å². The van der Waals surface area contributed by atoms with Crippen LogP contribution in [0.5, 0.6) is 0 Å². The zero-order valence-electron chi connectivity index (χ0n) is 13.2. The van der Waals surface area contributed by atoms with Crippen molar-refractivity contribution in [2.45, 2.75) is 24.8 Å². The quantitative estimate of drug-likeness (QED) is 0.863. The molecule has 1 aromatic carbocycles. The predicted octanol–water partition coefficient (Wildman–Crippen LogP) is 1.91. The van der Waals surface area contributed by atoms with Crippen LogP contribution in [0.3, 0.4) is 0 Å². The van der Waals surface area contributed by atoms with Crippen LogP contribution in [-0.2, 0) is 9.53 Å². The van der Waals surface area contributed by atoms with Crippen LogP contribution in [0.25, 0.3) is 0 Å². The van der Waals surface area contributed by atoms with Gasteiger partial charge in [0.1, 0.15) is 11.6 Å². The molecule has 2 atom stereocenters. The summed E-state index contributed by atoms with van der Waals surface area (Å²) in [6.07, 6.45) is 2.04. The number of nitrogens with zero attached hydrogens (tertiary/aromatic N) is 1. The number of ether oxygens (including phenoxy) is 1. The molecule has 0 amide bonds. The van der Waals surface area contributed by atoms with Gasteiger partial charge in [-0.1, -0.05) is 6.07 Å². The highest BCUT2D eigenvalue weighted by Crippen LogP contribution is 2.37. The van der Waals surface area contributed by atoms with E-state index in [1.807, 2.05) is 0 Å². The molecule has 0 bridgehead atoms. The van der Waals surface area contributed by atoms with E-state index in [2.05, 4.69) is 10.2 Å². The topological polar surface area (TPSA) is 41.6 Å². The second-order valence-corrected chi connectivity index (χ2v) is 6.34. The zero-order valence-corrected chi connectivity index (χ0v) is 13.2. The molecule has 126 valence electrons. The van der Waals surface area contributed by atoms with Crippen LogP contribution in [0.15, 0.2) is 18.2 Å². The minimum atomic E-state index is -0.603. The summed E-state index contributed by atoms with van der Waals surface area (Å²) in [5.74, 6) is -2.21. The number of rotatable bonds is 3. The monoisotopic (exact) mass is 324 g/mol. The Hall–Kier alpha value is -1.53.